The van der Waals surface area contributed by atoms with Crippen molar-refractivity contribution in [1.82, 2.24) is 4.98 Å². The average molecular weight is 410 g/mol. The van der Waals surface area contributed by atoms with Gasteiger partial charge in [-0.05, 0) is 43.2 Å². The largest absolute Gasteiger partial charge is 0.400 e. The fraction of sp³-hybridized carbons (Fsp3) is 0.353. The van der Waals surface area contributed by atoms with Gasteiger partial charge in [-0.2, -0.15) is 13.2 Å². The monoisotopic (exact) mass is 408 g/mol. The van der Waals surface area contributed by atoms with Crippen LogP contribution in [-0.4, -0.2) is 24.2 Å². The first-order chi connectivity index (χ1) is 11.6. The third kappa shape index (κ3) is 3.29. The Hall–Kier alpha value is -1.17. The second kappa shape index (κ2) is 6.53. The van der Waals surface area contributed by atoms with Gasteiger partial charge in [-0.15, -0.1) is 0 Å². The summed E-state index contributed by atoms with van der Waals surface area (Å²) >= 11 is 17.8. The molecule has 25 heavy (non-hydrogen) atoms. The number of hydrogen-bond donors (Lipinski definition) is 0. The molecule has 0 radical (unpaired) electrons. The van der Waals surface area contributed by atoms with E-state index >= 15 is 0 Å². The van der Waals surface area contributed by atoms with Gasteiger partial charge < -0.3 is 4.90 Å². The number of alkyl halides is 3. The van der Waals surface area contributed by atoms with Crippen molar-refractivity contribution in [3.63, 3.8) is 0 Å². The van der Waals surface area contributed by atoms with Crippen LogP contribution in [0.4, 0.5) is 19.0 Å². The molecule has 0 N–H and O–H groups in total. The van der Waals surface area contributed by atoms with Crippen LogP contribution in [-0.2, 0) is 5.41 Å². The molecule has 1 aromatic carbocycles. The van der Waals surface area contributed by atoms with Gasteiger partial charge in [0.15, 0.2) is 0 Å². The molecular formula is C17H14Cl3F3N2. The van der Waals surface area contributed by atoms with Crippen molar-refractivity contribution < 1.29 is 13.2 Å². The van der Waals surface area contributed by atoms with E-state index in [9.17, 15) is 13.2 Å². The zero-order valence-electron chi connectivity index (χ0n) is 13.2. The highest BCUT2D eigenvalue weighted by Crippen LogP contribution is 2.50. The summed E-state index contributed by atoms with van der Waals surface area (Å²) in [6.45, 7) is 1.78. The number of benzene rings is 1. The minimum atomic E-state index is -4.47. The maximum atomic E-state index is 14.1. The second-order valence-electron chi connectivity index (χ2n) is 6.14. The summed E-state index contributed by atoms with van der Waals surface area (Å²) in [5, 5.41) is 0.0828. The first-order valence-electron chi connectivity index (χ1n) is 7.54. The van der Waals surface area contributed by atoms with Crippen LogP contribution < -0.4 is 4.90 Å². The summed E-state index contributed by atoms with van der Waals surface area (Å²) < 4.78 is 42.2. The van der Waals surface area contributed by atoms with E-state index in [4.69, 9.17) is 34.8 Å². The summed E-state index contributed by atoms with van der Waals surface area (Å²) in [6, 6.07) is 7.81. The molecule has 1 saturated heterocycles. The van der Waals surface area contributed by atoms with Gasteiger partial charge in [0, 0.05) is 18.8 Å². The summed E-state index contributed by atoms with van der Waals surface area (Å²) in [5.74, 6) is 0.525. The predicted molar refractivity (Wildman–Crippen MR) is 95.0 cm³/mol. The third-order valence-electron chi connectivity index (χ3n) is 4.55. The van der Waals surface area contributed by atoms with Crippen molar-refractivity contribution >= 4 is 40.6 Å². The second-order valence-corrected chi connectivity index (χ2v) is 7.33. The minimum absolute atomic E-state index is 0.0138. The summed E-state index contributed by atoms with van der Waals surface area (Å²) in [6.07, 6.45) is -4.58. The minimum Gasteiger partial charge on any atom is -0.355 e. The number of pyridine rings is 1. The highest BCUT2D eigenvalue weighted by atomic mass is 35.5. The summed E-state index contributed by atoms with van der Waals surface area (Å²) in [7, 11) is 0. The average Bonchev–Trinajstić information content (AvgIpc) is 2.98. The zero-order chi connectivity index (χ0) is 18.4. The van der Waals surface area contributed by atoms with Crippen LogP contribution in [0, 0.1) is 6.92 Å². The molecule has 1 fully saturated rings. The van der Waals surface area contributed by atoms with Gasteiger partial charge >= 0.3 is 6.18 Å². The lowest BCUT2D eigenvalue weighted by Crippen LogP contribution is -2.45. The summed E-state index contributed by atoms with van der Waals surface area (Å²) in [4.78, 5) is 5.97. The van der Waals surface area contributed by atoms with Crippen LogP contribution in [0.25, 0.3) is 0 Å². The van der Waals surface area contributed by atoms with Gasteiger partial charge in [0.2, 0.25) is 0 Å². The number of nitrogens with zero attached hydrogens (tertiary/aromatic N) is 2. The maximum Gasteiger partial charge on any atom is 0.400 e. The molecular weight excluding hydrogens is 396 g/mol. The van der Waals surface area contributed by atoms with E-state index < -0.39 is 11.6 Å². The van der Waals surface area contributed by atoms with Gasteiger partial charge in [-0.25, -0.2) is 4.98 Å². The number of halogens is 6. The molecule has 1 aliphatic heterocycles. The SMILES string of the molecule is Cc1cccc(N2CCC(c3cc(Cl)c(Cl)c(Cl)c3)(C(F)(F)F)C2)n1. The van der Waals surface area contributed by atoms with Crippen molar-refractivity contribution in [2.75, 3.05) is 18.0 Å². The van der Waals surface area contributed by atoms with Crippen LogP contribution in [0.5, 0.6) is 0 Å². The highest BCUT2D eigenvalue weighted by molar-refractivity contribution is 6.48. The number of hydrogen-bond acceptors (Lipinski definition) is 2. The molecule has 2 nitrogen and oxygen atoms in total. The molecule has 1 aromatic heterocycles. The molecule has 134 valence electrons. The Morgan fingerprint density at radius 2 is 1.76 bits per heavy atom. The van der Waals surface area contributed by atoms with E-state index in [0.717, 1.165) is 5.69 Å². The first kappa shape index (κ1) is 18.6. The van der Waals surface area contributed by atoms with Gasteiger partial charge in [0.25, 0.3) is 0 Å². The van der Waals surface area contributed by atoms with Crippen LogP contribution in [0.1, 0.15) is 17.7 Å². The van der Waals surface area contributed by atoms with E-state index in [1.165, 1.54) is 12.1 Å². The molecule has 2 heterocycles. The predicted octanol–water partition coefficient (Wildman–Crippen LogP) is 6.06. The van der Waals surface area contributed by atoms with Gasteiger partial charge in [-0.1, -0.05) is 40.9 Å². The fourth-order valence-electron chi connectivity index (χ4n) is 3.17. The number of anilines is 1. The van der Waals surface area contributed by atoms with E-state index in [1.807, 2.05) is 0 Å². The lowest BCUT2D eigenvalue weighted by atomic mass is 9.79. The van der Waals surface area contributed by atoms with E-state index in [1.54, 1.807) is 30.0 Å². The topological polar surface area (TPSA) is 16.1 Å². The standard InChI is InChI=1S/C17H14Cl3F3N2/c1-10-3-2-4-14(24-10)25-6-5-16(9-25,17(21,22)23)11-7-12(18)15(20)13(19)8-11/h2-4,7-8H,5-6,9H2,1H3. The maximum absolute atomic E-state index is 14.1. The lowest BCUT2D eigenvalue weighted by Gasteiger charge is -2.33. The molecule has 0 aliphatic carbocycles. The zero-order valence-corrected chi connectivity index (χ0v) is 15.4. The van der Waals surface area contributed by atoms with Crippen LogP contribution >= 0.6 is 34.8 Å². The Balaban J connectivity index is 2.05. The normalized spacial score (nSPS) is 21.0. The number of rotatable bonds is 2. The van der Waals surface area contributed by atoms with Crippen LogP contribution in [0.3, 0.4) is 0 Å². The molecule has 3 rings (SSSR count). The smallest absolute Gasteiger partial charge is 0.355 e. The van der Waals surface area contributed by atoms with Crippen LogP contribution in [0.15, 0.2) is 30.3 Å². The molecule has 1 aliphatic rings. The van der Waals surface area contributed by atoms with Gasteiger partial charge in [-0.3, -0.25) is 0 Å². The Labute approximate surface area is 158 Å². The molecule has 0 bridgehead atoms. The van der Waals surface area contributed by atoms with Crippen molar-refractivity contribution in [1.29, 1.82) is 0 Å². The van der Waals surface area contributed by atoms with Gasteiger partial charge in [0.1, 0.15) is 11.2 Å². The fourth-order valence-corrected chi connectivity index (χ4v) is 3.77. The van der Waals surface area contributed by atoms with E-state index in [2.05, 4.69) is 4.98 Å². The van der Waals surface area contributed by atoms with E-state index in [-0.39, 0.29) is 40.1 Å². The Morgan fingerprint density at radius 3 is 2.32 bits per heavy atom. The quantitative estimate of drug-likeness (QED) is 0.560. The van der Waals surface area contributed by atoms with Gasteiger partial charge in [0.05, 0.1) is 15.1 Å². The molecule has 8 heteroatoms. The lowest BCUT2D eigenvalue weighted by molar-refractivity contribution is -0.184. The molecule has 1 unspecified atom stereocenters. The molecule has 1 atom stereocenters. The van der Waals surface area contributed by atoms with Crippen molar-refractivity contribution in [2.24, 2.45) is 0 Å². The Bertz CT molecular complexity index is 787. The molecule has 0 spiro atoms. The number of aromatic nitrogens is 1. The number of aryl methyl sites for hydroxylation is 1. The van der Waals surface area contributed by atoms with Crippen molar-refractivity contribution in [3.05, 3.63) is 56.7 Å². The Morgan fingerprint density at radius 1 is 1.12 bits per heavy atom. The van der Waals surface area contributed by atoms with Crippen LogP contribution in [0.2, 0.25) is 15.1 Å². The summed E-state index contributed by atoms with van der Waals surface area (Å²) in [5.41, 5.74) is -1.30. The molecule has 0 saturated carbocycles. The third-order valence-corrected chi connectivity index (χ3v) is 5.74. The van der Waals surface area contributed by atoms with Crippen molar-refractivity contribution in [3.8, 4) is 0 Å². The van der Waals surface area contributed by atoms with E-state index in [0.29, 0.717) is 5.82 Å². The molecule has 0 amide bonds. The van der Waals surface area contributed by atoms with Crippen molar-refractivity contribution in [2.45, 2.75) is 24.9 Å². The first-order valence-corrected chi connectivity index (χ1v) is 8.68. The Kier molecular flexibility index (Phi) is 4.86. The highest BCUT2D eigenvalue weighted by Gasteiger charge is 2.59. The molecule has 2 aromatic rings.